The van der Waals surface area contributed by atoms with Crippen molar-refractivity contribution in [3.63, 3.8) is 0 Å². The SMILES string of the molecule is Cc1nn(-c2ccccc2)c2nc(C(=O)O)cc(N3CC[C@H](F)C3)c12. The number of alkyl halides is 1. The van der Waals surface area contributed by atoms with E-state index in [1.165, 1.54) is 6.07 Å². The summed E-state index contributed by atoms with van der Waals surface area (Å²) < 4.78 is 15.3. The van der Waals surface area contributed by atoms with Crippen molar-refractivity contribution >= 4 is 22.7 Å². The van der Waals surface area contributed by atoms with Crippen LogP contribution in [0.1, 0.15) is 22.6 Å². The van der Waals surface area contributed by atoms with E-state index >= 15 is 0 Å². The lowest BCUT2D eigenvalue weighted by molar-refractivity contribution is 0.0691. The fourth-order valence-corrected chi connectivity index (χ4v) is 3.31. The van der Waals surface area contributed by atoms with E-state index in [2.05, 4.69) is 10.1 Å². The summed E-state index contributed by atoms with van der Waals surface area (Å²) in [7, 11) is 0. The number of hydrogen-bond donors (Lipinski definition) is 1. The lowest BCUT2D eigenvalue weighted by Crippen LogP contribution is -2.21. The summed E-state index contributed by atoms with van der Waals surface area (Å²) in [5.74, 6) is -1.11. The number of carboxylic acids is 1. The molecule has 1 aliphatic rings. The average molecular weight is 340 g/mol. The highest BCUT2D eigenvalue weighted by atomic mass is 19.1. The first kappa shape index (κ1) is 15.6. The van der Waals surface area contributed by atoms with Crippen LogP contribution in [0.15, 0.2) is 36.4 Å². The molecule has 7 heteroatoms. The van der Waals surface area contributed by atoms with E-state index in [0.717, 1.165) is 16.8 Å². The molecular weight excluding hydrogens is 323 g/mol. The molecule has 4 rings (SSSR count). The molecule has 1 atom stereocenters. The Morgan fingerprint density at radius 2 is 2.08 bits per heavy atom. The number of aryl methyl sites for hydroxylation is 1. The lowest BCUT2D eigenvalue weighted by Gasteiger charge is -2.19. The Balaban J connectivity index is 1.99. The standard InChI is InChI=1S/C18H17FN4O2/c1-11-16-15(22-8-7-12(19)10-22)9-14(18(24)25)20-17(16)23(21-11)13-5-3-2-4-6-13/h2-6,9,12H,7-8,10H2,1H3,(H,24,25)/t12-/m0/s1. The zero-order chi connectivity index (χ0) is 17.6. The molecule has 2 aromatic heterocycles. The van der Waals surface area contributed by atoms with Crippen LogP contribution >= 0.6 is 0 Å². The van der Waals surface area contributed by atoms with E-state index in [-0.39, 0.29) is 12.2 Å². The first-order valence-electron chi connectivity index (χ1n) is 8.12. The van der Waals surface area contributed by atoms with Gasteiger partial charge >= 0.3 is 5.97 Å². The Bertz CT molecular complexity index is 955. The summed E-state index contributed by atoms with van der Waals surface area (Å²) in [6, 6.07) is 11.0. The van der Waals surface area contributed by atoms with Crippen LogP contribution in [-0.2, 0) is 0 Å². The quantitative estimate of drug-likeness (QED) is 0.794. The number of fused-ring (bicyclic) bond motifs is 1. The predicted octanol–water partition coefficient (Wildman–Crippen LogP) is 2.98. The minimum Gasteiger partial charge on any atom is -0.477 e. The Morgan fingerprint density at radius 3 is 2.72 bits per heavy atom. The molecule has 0 bridgehead atoms. The highest BCUT2D eigenvalue weighted by molar-refractivity contribution is 5.98. The Kier molecular flexibility index (Phi) is 3.63. The van der Waals surface area contributed by atoms with Gasteiger partial charge in [0.25, 0.3) is 0 Å². The summed E-state index contributed by atoms with van der Waals surface area (Å²) in [6.45, 7) is 2.67. The maximum absolute atomic E-state index is 13.7. The molecule has 1 aliphatic heterocycles. The van der Waals surface area contributed by atoms with Gasteiger partial charge in [0, 0.05) is 13.1 Å². The number of benzene rings is 1. The maximum atomic E-state index is 13.7. The van der Waals surface area contributed by atoms with E-state index in [0.29, 0.717) is 24.3 Å². The fraction of sp³-hybridized carbons (Fsp3) is 0.278. The third kappa shape index (κ3) is 2.61. The number of rotatable bonds is 3. The number of hydrogen-bond acceptors (Lipinski definition) is 4. The number of pyridine rings is 1. The van der Waals surface area contributed by atoms with Crippen LogP contribution in [0, 0.1) is 6.92 Å². The topological polar surface area (TPSA) is 71.2 Å². The third-order valence-electron chi connectivity index (χ3n) is 4.48. The minimum atomic E-state index is -1.11. The van der Waals surface area contributed by atoms with Crippen molar-refractivity contribution in [3.8, 4) is 5.69 Å². The van der Waals surface area contributed by atoms with Crippen LogP contribution in [0.5, 0.6) is 0 Å². The van der Waals surface area contributed by atoms with Gasteiger partial charge in [0.1, 0.15) is 6.17 Å². The van der Waals surface area contributed by atoms with E-state index in [1.807, 2.05) is 42.2 Å². The van der Waals surface area contributed by atoms with Gasteiger partial charge < -0.3 is 10.0 Å². The van der Waals surface area contributed by atoms with Crippen molar-refractivity contribution in [1.82, 2.24) is 14.8 Å². The highest BCUT2D eigenvalue weighted by Gasteiger charge is 2.27. The van der Waals surface area contributed by atoms with Crippen molar-refractivity contribution in [1.29, 1.82) is 0 Å². The summed E-state index contributed by atoms with van der Waals surface area (Å²) in [5, 5.41) is 14.8. The van der Waals surface area contributed by atoms with Crippen LogP contribution < -0.4 is 4.90 Å². The summed E-state index contributed by atoms with van der Waals surface area (Å²) in [4.78, 5) is 17.7. The number of anilines is 1. The van der Waals surface area contributed by atoms with Gasteiger partial charge in [-0.3, -0.25) is 0 Å². The second-order valence-corrected chi connectivity index (χ2v) is 6.20. The van der Waals surface area contributed by atoms with Crippen LogP contribution in [-0.4, -0.2) is 45.1 Å². The molecule has 0 unspecified atom stereocenters. The van der Waals surface area contributed by atoms with Gasteiger partial charge in [-0.05, 0) is 31.5 Å². The molecule has 3 aromatic rings. The number of aromatic carboxylic acids is 1. The van der Waals surface area contributed by atoms with Crippen molar-refractivity contribution in [3.05, 3.63) is 47.8 Å². The monoisotopic (exact) mass is 340 g/mol. The molecule has 0 spiro atoms. The summed E-state index contributed by atoms with van der Waals surface area (Å²) in [6.07, 6.45) is -0.459. The van der Waals surface area contributed by atoms with Gasteiger partial charge in [0.2, 0.25) is 0 Å². The van der Waals surface area contributed by atoms with Crippen molar-refractivity contribution in [2.75, 3.05) is 18.0 Å². The van der Waals surface area contributed by atoms with Gasteiger partial charge in [-0.25, -0.2) is 18.9 Å². The second-order valence-electron chi connectivity index (χ2n) is 6.20. The Labute approximate surface area is 143 Å². The molecule has 1 fully saturated rings. The Hall–Kier alpha value is -2.96. The van der Waals surface area contributed by atoms with E-state index in [4.69, 9.17) is 0 Å². The molecule has 0 radical (unpaired) electrons. The summed E-state index contributed by atoms with van der Waals surface area (Å²) >= 11 is 0. The van der Waals surface area contributed by atoms with Gasteiger partial charge in [-0.2, -0.15) is 5.10 Å². The molecule has 1 N–H and O–H groups in total. The first-order chi connectivity index (χ1) is 12.0. The second kappa shape index (κ2) is 5.84. The van der Waals surface area contributed by atoms with Gasteiger partial charge in [-0.1, -0.05) is 18.2 Å². The molecule has 128 valence electrons. The van der Waals surface area contributed by atoms with Crippen LogP contribution in [0.25, 0.3) is 16.7 Å². The fourth-order valence-electron chi connectivity index (χ4n) is 3.31. The molecule has 0 saturated carbocycles. The largest absolute Gasteiger partial charge is 0.477 e. The highest BCUT2D eigenvalue weighted by Crippen LogP contribution is 2.33. The first-order valence-corrected chi connectivity index (χ1v) is 8.12. The molecule has 25 heavy (non-hydrogen) atoms. The van der Waals surface area contributed by atoms with E-state index < -0.39 is 12.1 Å². The molecule has 1 saturated heterocycles. The summed E-state index contributed by atoms with van der Waals surface area (Å²) in [5.41, 5.74) is 2.62. The van der Waals surface area contributed by atoms with E-state index in [1.54, 1.807) is 4.68 Å². The third-order valence-corrected chi connectivity index (χ3v) is 4.48. The van der Waals surface area contributed by atoms with Gasteiger partial charge in [0.05, 0.1) is 22.5 Å². The van der Waals surface area contributed by atoms with Crippen molar-refractivity contribution < 1.29 is 14.3 Å². The van der Waals surface area contributed by atoms with Gasteiger partial charge in [-0.15, -0.1) is 0 Å². The van der Waals surface area contributed by atoms with Crippen LogP contribution in [0.4, 0.5) is 10.1 Å². The van der Waals surface area contributed by atoms with Crippen LogP contribution in [0.2, 0.25) is 0 Å². The average Bonchev–Trinajstić information content (AvgIpc) is 3.19. The molecule has 3 heterocycles. The zero-order valence-corrected chi connectivity index (χ0v) is 13.7. The predicted molar refractivity (Wildman–Crippen MR) is 92.3 cm³/mol. The maximum Gasteiger partial charge on any atom is 0.354 e. The molecular formula is C18H17FN4O2. The zero-order valence-electron chi connectivity index (χ0n) is 13.7. The van der Waals surface area contributed by atoms with Gasteiger partial charge in [0.15, 0.2) is 11.3 Å². The van der Waals surface area contributed by atoms with Crippen LogP contribution in [0.3, 0.4) is 0 Å². The number of aromatic nitrogens is 3. The normalized spacial score (nSPS) is 17.4. The number of nitrogens with zero attached hydrogens (tertiary/aromatic N) is 4. The van der Waals surface area contributed by atoms with E-state index in [9.17, 15) is 14.3 Å². The lowest BCUT2D eigenvalue weighted by atomic mass is 10.2. The minimum absolute atomic E-state index is 0.0677. The smallest absolute Gasteiger partial charge is 0.354 e. The van der Waals surface area contributed by atoms with Crippen molar-refractivity contribution in [2.24, 2.45) is 0 Å². The number of carbonyl (C=O) groups is 1. The molecule has 0 aliphatic carbocycles. The number of para-hydroxylation sites is 1. The molecule has 6 nitrogen and oxygen atoms in total. The molecule has 0 amide bonds. The Morgan fingerprint density at radius 1 is 1.32 bits per heavy atom. The number of carboxylic acid groups (broad SMARTS) is 1. The number of halogens is 1. The molecule has 1 aromatic carbocycles. The van der Waals surface area contributed by atoms with Crippen molar-refractivity contribution in [2.45, 2.75) is 19.5 Å².